The Morgan fingerprint density at radius 2 is 0.976 bits per heavy atom. The minimum absolute atomic E-state index is 0.00688. The second kappa shape index (κ2) is 18.8. The van der Waals surface area contributed by atoms with Gasteiger partial charge in [0.05, 0.1) is 25.0 Å². The van der Waals surface area contributed by atoms with Crippen LogP contribution in [0.15, 0.2) is 70.4 Å². The molecule has 0 aliphatic heterocycles. The van der Waals surface area contributed by atoms with Gasteiger partial charge in [-0.1, -0.05) is 84.1 Å². The van der Waals surface area contributed by atoms with E-state index in [4.69, 9.17) is 14.2 Å². The summed E-state index contributed by atoms with van der Waals surface area (Å²) in [5.41, 5.74) is -0.900. The Bertz CT molecular complexity index is 2890. The molecule has 12 fully saturated rings. The molecule has 3 N–H and O–H groups in total. The minimum atomic E-state index is -1.55. The maximum Gasteiger partial charge on any atom is 0.338 e. The first-order valence-corrected chi connectivity index (χ1v) is 32.6. The van der Waals surface area contributed by atoms with Crippen molar-refractivity contribution in [2.45, 2.75) is 206 Å². The van der Waals surface area contributed by atoms with E-state index in [1.165, 1.54) is 77.0 Å². The van der Waals surface area contributed by atoms with Gasteiger partial charge < -0.3 is 29.5 Å². The fourth-order valence-electron chi connectivity index (χ4n) is 24.5. The Hall–Kier alpha value is -3.93. The topological polar surface area (TPSA) is 174 Å². The predicted molar refractivity (Wildman–Crippen MR) is 308 cm³/mol. The summed E-state index contributed by atoms with van der Waals surface area (Å²) in [5.74, 6) is 4.08. The molecule has 82 heavy (non-hydrogen) atoms. The summed E-state index contributed by atoms with van der Waals surface area (Å²) in [6.07, 6.45) is 34.1. The summed E-state index contributed by atoms with van der Waals surface area (Å²) in [6, 6.07) is 0. The van der Waals surface area contributed by atoms with E-state index in [0.29, 0.717) is 29.6 Å². The monoisotopic (exact) mass is 1120 g/mol. The normalized spacial score (nSPS) is 49.2. The average molecular weight is 1120 g/mol. The van der Waals surface area contributed by atoms with Crippen LogP contribution in [0.3, 0.4) is 0 Å². The Kier molecular flexibility index (Phi) is 12.8. The molecular formula is C71H94O11. The van der Waals surface area contributed by atoms with Gasteiger partial charge in [0.1, 0.15) is 29.0 Å². The lowest BCUT2D eigenvalue weighted by Crippen LogP contribution is -2.49. The smallest absolute Gasteiger partial charge is 0.338 e. The maximum atomic E-state index is 14.0. The van der Waals surface area contributed by atoms with Crippen LogP contribution in [0.2, 0.25) is 0 Å². The molecule has 0 radical (unpaired) electrons. The Labute approximate surface area is 487 Å². The van der Waals surface area contributed by atoms with Gasteiger partial charge in [0, 0.05) is 47.3 Å². The molecular weight excluding hydrogens is 1030 g/mol. The van der Waals surface area contributed by atoms with Gasteiger partial charge in [-0.3, -0.25) is 19.2 Å². The van der Waals surface area contributed by atoms with E-state index in [1.807, 2.05) is 30.4 Å². The van der Waals surface area contributed by atoms with E-state index in [0.717, 1.165) is 72.3 Å². The number of rotatable bonds is 10. The van der Waals surface area contributed by atoms with Crippen molar-refractivity contribution in [2.24, 2.45) is 116 Å². The molecule has 12 saturated carbocycles. The largest absolute Gasteiger partial charge is 0.458 e. The lowest BCUT2D eigenvalue weighted by molar-refractivity contribution is -0.168. The Balaban J connectivity index is 0.000000150. The lowest BCUT2D eigenvalue weighted by atomic mass is 9.49. The molecule has 17 rings (SSSR count). The molecule has 11 nitrogen and oxygen atoms in total. The SMILES string of the molecule is CC1=C[C@H]2C3[C@H](C)C[C@]4(OC(=O)CC56CC7CC(CC(C7)C5)C6)[C@H]([C@@H]3C=C(CO)C[C@]2(O)C1=O)C4(C)C.CC1=C[C@H]2C3[C@H](C)C[C@]4(OC(=O)CC56CC7CC(CC(C7)C5)C6)[C@H]([C@@H]3C=C(COC(=O)C3=CCCC=C3)C[C@]2(O)C1=O)C4(C)C. The van der Waals surface area contributed by atoms with E-state index >= 15 is 0 Å². The number of ether oxygens (including phenoxy) is 3. The van der Waals surface area contributed by atoms with E-state index in [-0.39, 0.29) is 136 Å². The van der Waals surface area contributed by atoms with Gasteiger partial charge in [0.25, 0.3) is 0 Å². The van der Waals surface area contributed by atoms with Crippen LogP contribution in [0.25, 0.3) is 0 Å². The van der Waals surface area contributed by atoms with Gasteiger partial charge in [0.15, 0.2) is 11.6 Å². The van der Waals surface area contributed by atoms with Crippen molar-refractivity contribution >= 4 is 29.5 Å². The highest BCUT2D eigenvalue weighted by Gasteiger charge is 2.82. The number of esters is 3. The number of Topliss-reactive ketones (excluding diaryl/α,β-unsaturated/α-hetero) is 2. The molecule has 0 spiro atoms. The maximum absolute atomic E-state index is 14.0. The van der Waals surface area contributed by atoms with Crippen molar-refractivity contribution in [3.05, 3.63) is 70.4 Å². The quantitative estimate of drug-likeness (QED) is 0.108. The third kappa shape index (κ3) is 8.31. The average Bonchev–Trinajstić information content (AvgIpc) is 1.53. The molecule has 0 aromatic rings. The second-order valence-electron chi connectivity index (χ2n) is 32.6. The number of hydrogen-bond donors (Lipinski definition) is 3. The van der Waals surface area contributed by atoms with E-state index in [1.54, 1.807) is 13.8 Å². The summed E-state index contributed by atoms with van der Waals surface area (Å²) in [4.78, 5) is 67.2. The lowest BCUT2D eigenvalue weighted by Gasteiger charge is -2.56. The molecule has 444 valence electrons. The molecule has 17 aliphatic carbocycles. The Morgan fingerprint density at radius 3 is 1.37 bits per heavy atom. The fraction of sp³-hybridized carbons (Fsp3) is 0.761. The standard InChI is InChI=1S/C39H50O6.C32H44O5/c1-22-10-30-32-23(2)15-39(45-31(40)20-37-16-24-11-25(17-37)13-26(12-24)18-37)33(36(39,3)4)29(32)14-27(19-38(30,43)34(22)41)21-44-35(42)28-8-6-5-7-9-28;1-17-5-24-26-18(2)10-32(37-25(34)15-30-11-19-6-20(12-30)8-21(7-19)13-30)27(29(32,3)4)23(26)9-22(16-33)14-31(24,36)28(17)35/h6,8-10,14,23-26,29-30,32-33,43H,5,7,11-13,15-21H2,1-4H3;5,9,18-21,23-24,26-27,33,36H,6-8,10-16H2,1-4H3/t23-,24?,25?,26?,29-,30+,32?,33-,37?,38-,39+;18-,19?,20?,21?,23-,24+,26?,27-,30?,31-,32+/m11/s1. The van der Waals surface area contributed by atoms with Gasteiger partial charge >= 0.3 is 17.9 Å². The summed E-state index contributed by atoms with van der Waals surface area (Å²) in [7, 11) is 0. The van der Waals surface area contributed by atoms with Crippen LogP contribution < -0.4 is 0 Å². The van der Waals surface area contributed by atoms with Crippen molar-refractivity contribution in [3.63, 3.8) is 0 Å². The minimum Gasteiger partial charge on any atom is -0.458 e. The van der Waals surface area contributed by atoms with Crippen LogP contribution >= 0.6 is 0 Å². The van der Waals surface area contributed by atoms with Gasteiger partial charge in [-0.15, -0.1) is 0 Å². The molecule has 14 atom stereocenters. The number of aliphatic hydroxyl groups is 3. The van der Waals surface area contributed by atoms with Gasteiger partial charge in [-0.25, -0.2) is 4.79 Å². The first-order valence-electron chi connectivity index (χ1n) is 32.6. The first-order chi connectivity index (χ1) is 38.8. The molecule has 0 aromatic carbocycles. The zero-order valence-corrected chi connectivity index (χ0v) is 50.4. The number of aliphatic hydroxyl groups excluding tert-OH is 1. The zero-order valence-electron chi connectivity index (χ0n) is 50.4. The summed E-state index contributed by atoms with van der Waals surface area (Å²) in [6.45, 7) is 16.8. The molecule has 11 heteroatoms. The number of carbonyl (C=O) groups excluding carboxylic acids is 5. The Morgan fingerprint density at radius 1 is 0.573 bits per heavy atom. The third-order valence-corrected chi connectivity index (χ3v) is 26.7. The molecule has 0 heterocycles. The van der Waals surface area contributed by atoms with Gasteiger partial charge in [-0.05, 0) is 221 Å². The molecule has 2 unspecified atom stereocenters. The van der Waals surface area contributed by atoms with Crippen molar-refractivity contribution in [2.75, 3.05) is 13.2 Å². The number of hydrogen-bond acceptors (Lipinski definition) is 11. The van der Waals surface area contributed by atoms with Crippen molar-refractivity contribution in [1.82, 2.24) is 0 Å². The highest BCUT2D eigenvalue weighted by atomic mass is 16.6. The van der Waals surface area contributed by atoms with Crippen LogP contribution in [-0.4, -0.2) is 80.4 Å². The molecule has 8 bridgehead atoms. The number of allylic oxidation sites excluding steroid dienone is 4. The molecule has 0 aromatic heterocycles. The van der Waals surface area contributed by atoms with Gasteiger partial charge in [0.2, 0.25) is 0 Å². The van der Waals surface area contributed by atoms with Gasteiger partial charge in [-0.2, -0.15) is 0 Å². The molecule has 0 amide bonds. The summed E-state index contributed by atoms with van der Waals surface area (Å²) >= 11 is 0. The van der Waals surface area contributed by atoms with E-state index in [9.17, 15) is 39.3 Å². The number of carbonyl (C=O) groups is 5. The fourth-order valence-corrected chi connectivity index (χ4v) is 24.5. The van der Waals surface area contributed by atoms with E-state index in [2.05, 4.69) is 53.7 Å². The number of fused-ring (bicyclic) bond motifs is 10. The van der Waals surface area contributed by atoms with Crippen LogP contribution in [-0.2, 0) is 38.2 Å². The van der Waals surface area contributed by atoms with Crippen LogP contribution in [0.1, 0.15) is 184 Å². The molecule has 0 saturated heterocycles. The highest BCUT2D eigenvalue weighted by Crippen LogP contribution is 2.78. The van der Waals surface area contributed by atoms with Crippen molar-refractivity contribution in [1.29, 1.82) is 0 Å². The third-order valence-electron chi connectivity index (χ3n) is 26.7. The summed E-state index contributed by atoms with van der Waals surface area (Å²) < 4.78 is 19.2. The highest BCUT2D eigenvalue weighted by molar-refractivity contribution is 6.05. The second-order valence-corrected chi connectivity index (χ2v) is 32.6. The van der Waals surface area contributed by atoms with E-state index < -0.39 is 22.4 Å². The zero-order chi connectivity index (χ0) is 57.6. The van der Waals surface area contributed by atoms with Crippen molar-refractivity contribution < 1.29 is 53.5 Å². The van der Waals surface area contributed by atoms with Crippen LogP contribution in [0, 0.1) is 116 Å². The van der Waals surface area contributed by atoms with Crippen LogP contribution in [0.4, 0.5) is 0 Å². The van der Waals surface area contributed by atoms with Crippen molar-refractivity contribution in [3.8, 4) is 0 Å². The summed E-state index contributed by atoms with van der Waals surface area (Å²) in [5, 5.41) is 34.0. The number of ketones is 2. The van der Waals surface area contributed by atoms with Crippen LogP contribution in [0.5, 0.6) is 0 Å². The predicted octanol–water partition coefficient (Wildman–Crippen LogP) is 11.8. The molecule has 17 aliphatic rings. The first kappa shape index (κ1) is 55.9.